The minimum Gasteiger partial charge on any atom is -0.320 e. The average Bonchev–Trinajstić information content (AvgIpc) is 2.47. The van der Waals surface area contributed by atoms with E-state index in [-0.39, 0.29) is 5.82 Å². The third-order valence-corrected chi connectivity index (χ3v) is 4.05. The minimum absolute atomic E-state index is 0.210. The zero-order chi connectivity index (χ0) is 15.1. The van der Waals surface area contributed by atoms with Crippen molar-refractivity contribution >= 4 is 0 Å². The van der Waals surface area contributed by atoms with Crippen molar-refractivity contribution in [3.63, 3.8) is 0 Å². The van der Waals surface area contributed by atoms with Crippen LogP contribution in [0.25, 0.3) is 0 Å². The van der Waals surface area contributed by atoms with Crippen molar-refractivity contribution in [2.24, 2.45) is 5.73 Å². The molecule has 2 N–H and O–H groups in total. The van der Waals surface area contributed by atoms with E-state index in [1.54, 1.807) is 6.07 Å². The summed E-state index contributed by atoms with van der Waals surface area (Å²) in [5.74, 6) is 5.50. The predicted molar refractivity (Wildman–Crippen MR) is 85.3 cm³/mol. The maximum atomic E-state index is 13.7. The number of hydrogen-bond donors (Lipinski definition) is 1. The fourth-order valence-corrected chi connectivity index (χ4v) is 3.13. The standard InChI is InChI=1S/C18H25FN2/c1-2-6-18-8-3-4-10-21(18)14-16-11-15(7-5-9-20)12-17(19)13-16/h11-13,18H,2-4,6,8-10,14,20H2,1H3. The zero-order valence-electron chi connectivity index (χ0n) is 12.9. The topological polar surface area (TPSA) is 29.3 Å². The van der Waals surface area contributed by atoms with Crippen LogP contribution in [0.3, 0.4) is 0 Å². The van der Waals surface area contributed by atoms with Crippen LogP contribution in [0.15, 0.2) is 18.2 Å². The fourth-order valence-electron chi connectivity index (χ4n) is 3.13. The number of rotatable bonds is 4. The van der Waals surface area contributed by atoms with Gasteiger partial charge in [0.05, 0.1) is 6.54 Å². The van der Waals surface area contributed by atoms with Crippen molar-refractivity contribution in [3.05, 3.63) is 35.1 Å². The van der Waals surface area contributed by atoms with Gasteiger partial charge in [0, 0.05) is 18.2 Å². The van der Waals surface area contributed by atoms with Gasteiger partial charge in [0.15, 0.2) is 0 Å². The highest BCUT2D eigenvalue weighted by Gasteiger charge is 2.21. The average molecular weight is 288 g/mol. The monoisotopic (exact) mass is 288 g/mol. The summed E-state index contributed by atoms with van der Waals surface area (Å²) in [4.78, 5) is 2.50. The van der Waals surface area contributed by atoms with Crippen LogP contribution in [0.4, 0.5) is 4.39 Å². The van der Waals surface area contributed by atoms with Crippen molar-refractivity contribution < 1.29 is 4.39 Å². The Bertz CT molecular complexity index is 514. The highest BCUT2D eigenvalue weighted by atomic mass is 19.1. The second-order valence-electron chi connectivity index (χ2n) is 5.76. The van der Waals surface area contributed by atoms with Crippen molar-refractivity contribution in [2.75, 3.05) is 13.1 Å². The van der Waals surface area contributed by atoms with Crippen LogP contribution in [0, 0.1) is 17.7 Å². The van der Waals surface area contributed by atoms with Gasteiger partial charge in [0.1, 0.15) is 5.82 Å². The van der Waals surface area contributed by atoms with Crippen molar-refractivity contribution in [1.82, 2.24) is 4.90 Å². The van der Waals surface area contributed by atoms with Gasteiger partial charge >= 0.3 is 0 Å². The molecule has 0 radical (unpaired) electrons. The smallest absolute Gasteiger partial charge is 0.124 e. The van der Waals surface area contributed by atoms with E-state index < -0.39 is 0 Å². The molecular weight excluding hydrogens is 263 g/mol. The lowest BCUT2D eigenvalue weighted by Crippen LogP contribution is -2.38. The van der Waals surface area contributed by atoms with Gasteiger partial charge in [-0.1, -0.05) is 31.6 Å². The summed E-state index contributed by atoms with van der Waals surface area (Å²) in [7, 11) is 0. The maximum absolute atomic E-state index is 13.7. The molecule has 114 valence electrons. The lowest BCUT2D eigenvalue weighted by atomic mass is 9.97. The number of benzene rings is 1. The molecule has 0 spiro atoms. The van der Waals surface area contributed by atoms with Crippen molar-refractivity contribution in [1.29, 1.82) is 0 Å². The summed E-state index contributed by atoms with van der Waals surface area (Å²) in [5, 5.41) is 0. The Morgan fingerprint density at radius 2 is 2.19 bits per heavy atom. The Balaban J connectivity index is 2.11. The summed E-state index contributed by atoms with van der Waals surface area (Å²) in [6, 6.07) is 5.74. The highest BCUT2D eigenvalue weighted by molar-refractivity contribution is 5.38. The summed E-state index contributed by atoms with van der Waals surface area (Å²) in [5.41, 5.74) is 7.11. The van der Waals surface area contributed by atoms with Gasteiger partial charge in [-0.25, -0.2) is 4.39 Å². The first-order chi connectivity index (χ1) is 10.2. The minimum atomic E-state index is -0.210. The van der Waals surface area contributed by atoms with Crippen LogP contribution >= 0.6 is 0 Å². The summed E-state index contributed by atoms with van der Waals surface area (Å²) in [6.45, 7) is 4.47. The van der Waals surface area contributed by atoms with Crippen molar-refractivity contribution in [3.8, 4) is 11.8 Å². The number of piperidine rings is 1. The number of likely N-dealkylation sites (tertiary alicyclic amines) is 1. The molecule has 1 unspecified atom stereocenters. The lowest BCUT2D eigenvalue weighted by Gasteiger charge is -2.35. The predicted octanol–water partition coefficient (Wildman–Crippen LogP) is 3.29. The van der Waals surface area contributed by atoms with Gasteiger partial charge in [-0.3, -0.25) is 4.90 Å². The van der Waals surface area contributed by atoms with Crippen molar-refractivity contribution in [2.45, 2.75) is 51.6 Å². The molecule has 3 heteroatoms. The molecule has 2 nitrogen and oxygen atoms in total. The van der Waals surface area contributed by atoms with E-state index in [0.717, 1.165) is 24.2 Å². The SMILES string of the molecule is CCCC1CCCCN1Cc1cc(F)cc(C#CCN)c1. The Morgan fingerprint density at radius 1 is 1.33 bits per heavy atom. The molecule has 1 aromatic rings. The molecule has 1 aromatic carbocycles. The molecule has 0 aliphatic carbocycles. The molecule has 1 fully saturated rings. The second kappa shape index (κ2) is 8.17. The van der Waals surface area contributed by atoms with E-state index in [1.807, 2.05) is 6.07 Å². The Kier molecular flexibility index (Phi) is 6.22. The van der Waals surface area contributed by atoms with Gasteiger partial charge in [-0.15, -0.1) is 0 Å². The van der Waals surface area contributed by atoms with Crippen LogP contribution in [-0.2, 0) is 6.54 Å². The molecule has 1 heterocycles. The summed E-state index contributed by atoms with van der Waals surface area (Å²) < 4.78 is 13.7. The van der Waals surface area contributed by atoms with E-state index in [1.165, 1.54) is 38.2 Å². The number of nitrogens with zero attached hydrogens (tertiary/aromatic N) is 1. The number of nitrogens with two attached hydrogens (primary N) is 1. The molecule has 1 saturated heterocycles. The Morgan fingerprint density at radius 3 is 2.95 bits per heavy atom. The molecule has 0 saturated carbocycles. The lowest BCUT2D eigenvalue weighted by molar-refractivity contribution is 0.131. The molecule has 0 amide bonds. The van der Waals surface area contributed by atoms with E-state index in [9.17, 15) is 4.39 Å². The summed E-state index contributed by atoms with van der Waals surface area (Å²) >= 11 is 0. The normalized spacial score (nSPS) is 19.1. The van der Waals surface area contributed by atoms with E-state index in [4.69, 9.17) is 5.73 Å². The first-order valence-electron chi connectivity index (χ1n) is 7.95. The Hall–Kier alpha value is -1.37. The van der Waals surface area contributed by atoms with Gasteiger partial charge in [-0.05, 0) is 49.6 Å². The van der Waals surface area contributed by atoms with Crippen LogP contribution in [0.2, 0.25) is 0 Å². The quantitative estimate of drug-likeness (QED) is 0.861. The van der Waals surface area contributed by atoms with Gasteiger partial charge in [-0.2, -0.15) is 0 Å². The Labute approximate surface area is 127 Å². The van der Waals surface area contributed by atoms with Crippen LogP contribution < -0.4 is 5.73 Å². The highest BCUT2D eigenvalue weighted by Crippen LogP contribution is 2.23. The number of hydrogen-bond acceptors (Lipinski definition) is 2. The molecule has 1 aliphatic rings. The third-order valence-electron chi connectivity index (χ3n) is 4.05. The number of halogens is 1. The molecule has 21 heavy (non-hydrogen) atoms. The van der Waals surface area contributed by atoms with E-state index in [0.29, 0.717) is 12.6 Å². The maximum Gasteiger partial charge on any atom is 0.124 e. The van der Waals surface area contributed by atoms with Crippen LogP contribution in [-0.4, -0.2) is 24.0 Å². The second-order valence-corrected chi connectivity index (χ2v) is 5.76. The fraction of sp³-hybridized carbons (Fsp3) is 0.556. The first-order valence-corrected chi connectivity index (χ1v) is 7.95. The van der Waals surface area contributed by atoms with E-state index in [2.05, 4.69) is 23.7 Å². The first kappa shape index (κ1) is 16.0. The van der Waals surface area contributed by atoms with E-state index >= 15 is 0 Å². The molecule has 0 aromatic heterocycles. The molecule has 2 rings (SSSR count). The third kappa shape index (κ3) is 4.84. The zero-order valence-corrected chi connectivity index (χ0v) is 12.9. The summed E-state index contributed by atoms with van der Waals surface area (Å²) in [6.07, 6.45) is 6.27. The molecule has 1 atom stereocenters. The van der Waals surface area contributed by atoms with Crippen LogP contribution in [0.5, 0.6) is 0 Å². The van der Waals surface area contributed by atoms with Gasteiger partial charge < -0.3 is 5.73 Å². The molecular formula is C18H25FN2. The molecule has 1 aliphatic heterocycles. The largest absolute Gasteiger partial charge is 0.320 e. The van der Waals surface area contributed by atoms with Gasteiger partial charge in [0.2, 0.25) is 0 Å². The molecule has 0 bridgehead atoms. The van der Waals surface area contributed by atoms with Gasteiger partial charge in [0.25, 0.3) is 0 Å². The van der Waals surface area contributed by atoms with Crippen LogP contribution in [0.1, 0.15) is 50.2 Å².